The van der Waals surface area contributed by atoms with Gasteiger partial charge in [-0.1, -0.05) is 48.7 Å². The van der Waals surface area contributed by atoms with Crippen molar-refractivity contribution < 1.29 is 13.2 Å². The van der Waals surface area contributed by atoms with E-state index in [9.17, 15) is 8.42 Å². The summed E-state index contributed by atoms with van der Waals surface area (Å²) in [5.41, 5.74) is 0.714. The molecule has 0 amide bonds. The highest BCUT2D eigenvalue weighted by Gasteiger charge is 2.14. The molecule has 2 aromatic rings. The maximum absolute atomic E-state index is 12.2. The number of hydrazone groups is 1. The number of nitrogens with zero attached hydrogens (tertiary/aromatic N) is 1. The summed E-state index contributed by atoms with van der Waals surface area (Å²) in [6, 6.07) is 11.3. The molecule has 0 aliphatic rings. The molecule has 0 atom stereocenters. The molecule has 2 rings (SSSR count). The number of halogens is 2. The molecule has 0 unspecified atom stereocenters. The first-order valence-corrected chi connectivity index (χ1v) is 9.89. The number of nitrogens with one attached hydrogen (secondary N) is 1. The molecule has 1 N–H and O–H groups in total. The lowest BCUT2D eigenvalue weighted by molar-refractivity contribution is 0.309. The second kappa shape index (κ2) is 9.08. The van der Waals surface area contributed by atoms with E-state index in [2.05, 4.69) is 16.9 Å². The lowest BCUT2D eigenvalue weighted by atomic mass is 10.2. The third kappa shape index (κ3) is 5.92. The zero-order valence-corrected chi connectivity index (χ0v) is 15.9. The molecule has 0 aliphatic carbocycles. The molecular formula is C17H18Cl2N2O3S. The largest absolute Gasteiger partial charge is 0.494 e. The van der Waals surface area contributed by atoms with Gasteiger partial charge in [0.05, 0.1) is 27.8 Å². The molecule has 25 heavy (non-hydrogen) atoms. The number of benzene rings is 2. The Kier molecular flexibility index (Phi) is 7.11. The minimum Gasteiger partial charge on any atom is -0.494 e. The van der Waals surface area contributed by atoms with Gasteiger partial charge in [0, 0.05) is 0 Å². The standard InChI is InChI=1S/C17H18Cl2N2O3S/c1-2-3-9-24-14-6-4-5-13(10-14)12-20-21-25(22,23)15-7-8-16(18)17(19)11-15/h4-8,10-12,21H,2-3,9H2,1H3/b20-12+. The first-order chi connectivity index (χ1) is 11.9. The van der Waals surface area contributed by atoms with Crippen molar-refractivity contribution in [2.75, 3.05) is 6.61 Å². The summed E-state index contributed by atoms with van der Waals surface area (Å²) < 4.78 is 30.0. The van der Waals surface area contributed by atoms with E-state index in [4.69, 9.17) is 27.9 Å². The minimum absolute atomic E-state index is 0.0179. The van der Waals surface area contributed by atoms with Gasteiger partial charge in [-0.3, -0.25) is 0 Å². The van der Waals surface area contributed by atoms with E-state index in [0.29, 0.717) is 17.9 Å². The van der Waals surface area contributed by atoms with Crippen LogP contribution in [0.5, 0.6) is 5.75 Å². The van der Waals surface area contributed by atoms with Gasteiger partial charge in [-0.25, -0.2) is 4.83 Å². The fraction of sp³-hybridized carbons (Fsp3) is 0.235. The van der Waals surface area contributed by atoms with Gasteiger partial charge in [0.2, 0.25) is 0 Å². The number of ether oxygens (including phenoxy) is 1. The van der Waals surface area contributed by atoms with Crippen molar-refractivity contribution in [2.45, 2.75) is 24.7 Å². The van der Waals surface area contributed by atoms with Crippen LogP contribution in [0.4, 0.5) is 0 Å². The van der Waals surface area contributed by atoms with Crippen molar-refractivity contribution in [3.63, 3.8) is 0 Å². The average Bonchev–Trinajstić information content (AvgIpc) is 2.58. The second-order valence-electron chi connectivity index (χ2n) is 5.20. The third-order valence-corrected chi connectivity index (χ3v) is 5.17. The topological polar surface area (TPSA) is 67.8 Å². The Bertz CT molecular complexity index is 855. The van der Waals surface area contributed by atoms with Crippen LogP contribution in [-0.2, 0) is 10.0 Å². The maximum Gasteiger partial charge on any atom is 0.276 e. The molecule has 0 aliphatic heterocycles. The van der Waals surface area contributed by atoms with Gasteiger partial charge in [0.1, 0.15) is 5.75 Å². The molecule has 0 saturated carbocycles. The Balaban J connectivity index is 2.04. The van der Waals surface area contributed by atoms with Crippen molar-refractivity contribution >= 4 is 39.4 Å². The van der Waals surface area contributed by atoms with Crippen LogP contribution in [-0.4, -0.2) is 21.2 Å². The van der Waals surface area contributed by atoms with Crippen LogP contribution in [0.15, 0.2) is 52.5 Å². The van der Waals surface area contributed by atoms with Gasteiger partial charge in [0.15, 0.2) is 0 Å². The summed E-state index contributed by atoms with van der Waals surface area (Å²) >= 11 is 11.6. The molecule has 0 saturated heterocycles. The van der Waals surface area contributed by atoms with E-state index in [0.717, 1.165) is 12.8 Å². The Morgan fingerprint density at radius 1 is 1.16 bits per heavy atom. The van der Waals surface area contributed by atoms with E-state index >= 15 is 0 Å². The van der Waals surface area contributed by atoms with Gasteiger partial charge in [0.25, 0.3) is 10.0 Å². The number of hydrogen-bond donors (Lipinski definition) is 1. The zero-order valence-electron chi connectivity index (χ0n) is 13.6. The molecule has 0 radical (unpaired) electrons. The van der Waals surface area contributed by atoms with Crippen LogP contribution < -0.4 is 9.57 Å². The predicted octanol–water partition coefficient (Wildman–Crippen LogP) is 4.48. The highest BCUT2D eigenvalue weighted by atomic mass is 35.5. The summed E-state index contributed by atoms with van der Waals surface area (Å²) in [5, 5.41) is 4.22. The quantitative estimate of drug-likeness (QED) is 0.403. The number of unbranched alkanes of at least 4 members (excludes halogenated alkanes) is 1. The van der Waals surface area contributed by atoms with Gasteiger partial charge in [-0.05, 0) is 42.3 Å². The zero-order chi connectivity index (χ0) is 18.3. The van der Waals surface area contributed by atoms with Crippen molar-refractivity contribution in [2.24, 2.45) is 5.10 Å². The van der Waals surface area contributed by atoms with Gasteiger partial charge >= 0.3 is 0 Å². The van der Waals surface area contributed by atoms with Crippen LogP contribution in [0, 0.1) is 0 Å². The normalized spacial score (nSPS) is 11.6. The second-order valence-corrected chi connectivity index (χ2v) is 7.68. The highest BCUT2D eigenvalue weighted by molar-refractivity contribution is 7.89. The molecule has 0 aromatic heterocycles. The summed E-state index contributed by atoms with van der Waals surface area (Å²) in [6.45, 7) is 2.73. The molecule has 0 fully saturated rings. The molecule has 8 heteroatoms. The Labute approximate surface area is 157 Å². The first-order valence-electron chi connectivity index (χ1n) is 7.65. The van der Waals surface area contributed by atoms with Gasteiger partial charge in [-0.15, -0.1) is 0 Å². The Hall–Kier alpha value is -1.76. The monoisotopic (exact) mass is 400 g/mol. The molecule has 0 bridgehead atoms. The Morgan fingerprint density at radius 3 is 2.68 bits per heavy atom. The number of hydrogen-bond acceptors (Lipinski definition) is 4. The van der Waals surface area contributed by atoms with E-state index in [1.165, 1.54) is 24.4 Å². The SMILES string of the molecule is CCCCOc1cccc(/C=N/NS(=O)(=O)c2ccc(Cl)c(Cl)c2)c1. The van der Waals surface area contributed by atoms with Crippen molar-refractivity contribution in [1.29, 1.82) is 0 Å². The van der Waals surface area contributed by atoms with E-state index in [1.54, 1.807) is 12.1 Å². The lowest BCUT2D eigenvalue weighted by Gasteiger charge is -2.06. The van der Waals surface area contributed by atoms with Crippen LogP contribution in [0.1, 0.15) is 25.3 Å². The van der Waals surface area contributed by atoms with Crippen molar-refractivity contribution in [1.82, 2.24) is 4.83 Å². The molecule has 134 valence electrons. The van der Waals surface area contributed by atoms with E-state index in [-0.39, 0.29) is 14.9 Å². The van der Waals surface area contributed by atoms with Crippen LogP contribution in [0.25, 0.3) is 0 Å². The molecule has 0 heterocycles. The highest BCUT2D eigenvalue weighted by Crippen LogP contribution is 2.24. The Morgan fingerprint density at radius 2 is 1.96 bits per heavy atom. The van der Waals surface area contributed by atoms with Crippen LogP contribution >= 0.6 is 23.2 Å². The fourth-order valence-corrected chi connectivity index (χ4v) is 3.07. The summed E-state index contributed by atoms with van der Waals surface area (Å²) in [5.74, 6) is 0.713. The van der Waals surface area contributed by atoms with Crippen molar-refractivity contribution in [3.8, 4) is 5.75 Å². The molecular weight excluding hydrogens is 383 g/mol. The molecule has 5 nitrogen and oxygen atoms in total. The predicted molar refractivity (Wildman–Crippen MR) is 101 cm³/mol. The van der Waals surface area contributed by atoms with Gasteiger partial charge < -0.3 is 4.74 Å². The summed E-state index contributed by atoms with van der Waals surface area (Å²) in [7, 11) is -3.82. The van der Waals surface area contributed by atoms with E-state index < -0.39 is 10.0 Å². The molecule has 2 aromatic carbocycles. The maximum atomic E-state index is 12.2. The van der Waals surface area contributed by atoms with Gasteiger partial charge in [-0.2, -0.15) is 13.5 Å². The summed E-state index contributed by atoms with van der Waals surface area (Å²) in [6.07, 6.45) is 3.43. The smallest absolute Gasteiger partial charge is 0.276 e. The van der Waals surface area contributed by atoms with E-state index in [1.807, 2.05) is 12.1 Å². The van der Waals surface area contributed by atoms with Crippen LogP contribution in [0.3, 0.4) is 0 Å². The minimum atomic E-state index is -3.82. The van der Waals surface area contributed by atoms with Crippen molar-refractivity contribution in [3.05, 3.63) is 58.1 Å². The molecule has 0 spiro atoms. The first kappa shape index (κ1) is 19.6. The summed E-state index contributed by atoms with van der Waals surface area (Å²) in [4.78, 5) is 2.12. The lowest BCUT2D eigenvalue weighted by Crippen LogP contribution is -2.18. The number of rotatable bonds is 8. The third-order valence-electron chi connectivity index (χ3n) is 3.21. The average molecular weight is 401 g/mol. The van der Waals surface area contributed by atoms with Crippen LogP contribution in [0.2, 0.25) is 10.0 Å². The number of sulfonamides is 1. The fourth-order valence-electron chi connectivity index (χ4n) is 1.89.